The molecule has 7 heteroatoms. The predicted molar refractivity (Wildman–Crippen MR) is 91.7 cm³/mol. The lowest BCUT2D eigenvalue weighted by molar-refractivity contribution is -0.139. The summed E-state index contributed by atoms with van der Waals surface area (Å²) in [7, 11) is 0. The molecule has 2 heterocycles. The molecule has 2 aliphatic heterocycles. The standard InChI is InChI=1S/C16H29N3O3.ClH/c1-2-3-4-7-18-15(20)13-5-9-19(10-6-13)16(21)14-12-22-11-8-17-14;/h13-14,17H,2-12H2,1H3,(H,18,20);1H. The zero-order valence-electron chi connectivity index (χ0n) is 14.0. The molecule has 0 bridgehead atoms. The van der Waals surface area contributed by atoms with Crippen LogP contribution in [0.2, 0.25) is 0 Å². The van der Waals surface area contributed by atoms with Crippen LogP contribution in [0.5, 0.6) is 0 Å². The van der Waals surface area contributed by atoms with E-state index in [1.807, 2.05) is 4.90 Å². The third kappa shape index (κ3) is 6.28. The summed E-state index contributed by atoms with van der Waals surface area (Å²) >= 11 is 0. The van der Waals surface area contributed by atoms with Crippen molar-refractivity contribution < 1.29 is 14.3 Å². The second-order valence-corrected chi connectivity index (χ2v) is 6.18. The monoisotopic (exact) mass is 347 g/mol. The Morgan fingerprint density at radius 3 is 2.61 bits per heavy atom. The minimum atomic E-state index is -0.215. The first-order valence-corrected chi connectivity index (χ1v) is 8.60. The second-order valence-electron chi connectivity index (χ2n) is 6.18. The smallest absolute Gasteiger partial charge is 0.242 e. The number of hydrogen-bond donors (Lipinski definition) is 2. The van der Waals surface area contributed by atoms with Gasteiger partial charge in [-0.25, -0.2) is 0 Å². The minimum Gasteiger partial charge on any atom is -0.378 e. The van der Waals surface area contributed by atoms with E-state index in [4.69, 9.17) is 4.74 Å². The maximum atomic E-state index is 12.4. The summed E-state index contributed by atoms with van der Waals surface area (Å²) in [6.07, 6.45) is 4.89. The normalized spacial score (nSPS) is 22.3. The Labute approximate surface area is 145 Å². The van der Waals surface area contributed by atoms with Crippen molar-refractivity contribution >= 4 is 24.2 Å². The zero-order valence-corrected chi connectivity index (χ0v) is 14.8. The van der Waals surface area contributed by atoms with Gasteiger partial charge in [-0.3, -0.25) is 9.59 Å². The van der Waals surface area contributed by atoms with Gasteiger partial charge in [-0.15, -0.1) is 12.4 Å². The highest BCUT2D eigenvalue weighted by atomic mass is 35.5. The van der Waals surface area contributed by atoms with E-state index in [1.54, 1.807) is 0 Å². The van der Waals surface area contributed by atoms with Crippen molar-refractivity contribution in [2.24, 2.45) is 5.92 Å². The van der Waals surface area contributed by atoms with E-state index >= 15 is 0 Å². The lowest BCUT2D eigenvalue weighted by Crippen LogP contribution is -2.54. The second kappa shape index (κ2) is 10.8. The highest BCUT2D eigenvalue weighted by molar-refractivity contribution is 5.85. The van der Waals surface area contributed by atoms with Crippen LogP contribution >= 0.6 is 12.4 Å². The van der Waals surface area contributed by atoms with E-state index in [-0.39, 0.29) is 36.2 Å². The number of likely N-dealkylation sites (tertiary alicyclic amines) is 1. The van der Waals surface area contributed by atoms with Crippen LogP contribution in [0.25, 0.3) is 0 Å². The van der Waals surface area contributed by atoms with Gasteiger partial charge in [0.1, 0.15) is 6.04 Å². The van der Waals surface area contributed by atoms with Gasteiger partial charge < -0.3 is 20.3 Å². The number of ether oxygens (including phenoxy) is 1. The van der Waals surface area contributed by atoms with Crippen molar-refractivity contribution in [2.75, 3.05) is 39.4 Å². The van der Waals surface area contributed by atoms with Gasteiger partial charge in [0.25, 0.3) is 0 Å². The molecule has 23 heavy (non-hydrogen) atoms. The number of nitrogens with one attached hydrogen (secondary N) is 2. The SMILES string of the molecule is CCCCCNC(=O)C1CCN(C(=O)C2COCCN2)CC1.Cl. The summed E-state index contributed by atoms with van der Waals surface area (Å²) in [5.41, 5.74) is 0. The number of unbranched alkanes of at least 4 members (excludes halogenated alkanes) is 2. The summed E-state index contributed by atoms with van der Waals surface area (Å²) in [4.78, 5) is 26.3. The maximum Gasteiger partial charge on any atom is 0.242 e. The van der Waals surface area contributed by atoms with Crippen molar-refractivity contribution in [3.05, 3.63) is 0 Å². The average molecular weight is 348 g/mol. The van der Waals surface area contributed by atoms with Crippen LogP contribution in [0.4, 0.5) is 0 Å². The van der Waals surface area contributed by atoms with E-state index in [9.17, 15) is 9.59 Å². The number of rotatable bonds is 6. The van der Waals surface area contributed by atoms with Gasteiger partial charge in [0.2, 0.25) is 11.8 Å². The summed E-state index contributed by atoms with van der Waals surface area (Å²) in [5.74, 6) is 0.324. The van der Waals surface area contributed by atoms with Crippen molar-refractivity contribution in [1.82, 2.24) is 15.5 Å². The molecule has 2 fully saturated rings. The molecule has 2 saturated heterocycles. The van der Waals surface area contributed by atoms with Gasteiger partial charge in [-0.05, 0) is 19.3 Å². The topological polar surface area (TPSA) is 70.7 Å². The summed E-state index contributed by atoms with van der Waals surface area (Å²) < 4.78 is 5.34. The molecule has 134 valence electrons. The van der Waals surface area contributed by atoms with Gasteiger partial charge in [0.15, 0.2) is 0 Å². The van der Waals surface area contributed by atoms with Gasteiger partial charge in [0, 0.05) is 32.1 Å². The molecule has 2 aliphatic rings. The van der Waals surface area contributed by atoms with Crippen molar-refractivity contribution in [3.8, 4) is 0 Å². The third-order valence-electron chi connectivity index (χ3n) is 4.48. The third-order valence-corrected chi connectivity index (χ3v) is 4.48. The van der Waals surface area contributed by atoms with Crippen LogP contribution in [0, 0.1) is 5.92 Å². The van der Waals surface area contributed by atoms with E-state index in [0.29, 0.717) is 26.3 Å². The molecule has 0 spiro atoms. The molecular weight excluding hydrogens is 318 g/mol. The van der Waals surface area contributed by atoms with E-state index < -0.39 is 0 Å². The number of amides is 2. The molecular formula is C16H30ClN3O3. The fourth-order valence-electron chi connectivity index (χ4n) is 3.04. The number of piperidine rings is 1. The lowest BCUT2D eigenvalue weighted by Gasteiger charge is -2.35. The Kier molecular flexibility index (Phi) is 9.52. The average Bonchev–Trinajstić information content (AvgIpc) is 2.59. The first-order chi connectivity index (χ1) is 10.7. The van der Waals surface area contributed by atoms with E-state index in [1.165, 1.54) is 0 Å². The summed E-state index contributed by atoms with van der Waals surface area (Å²) in [5, 5.41) is 6.21. The highest BCUT2D eigenvalue weighted by Gasteiger charge is 2.31. The molecule has 0 aromatic carbocycles. The predicted octanol–water partition coefficient (Wildman–Crippen LogP) is 0.942. The van der Waals surface area contributed by atoms with Crippen LogP contribution in [0.1, 0.15) is 39.0 Å². The number of carbonyl (C=O) groups is 2. The van der Waals surface area contributed by atoms with Crippen molar-refractivity contribution in [3.63, 3.8) is 0 Å². The number of carbonyl (C=O) groups excluding carboxylic acids is 2. The fraction of sp³-hybridized carbons (Fsp3) is 0.875. The van der Waals surface area contributed by atoms with Crippen LogP contribution in [0.3, 0.4) is 0 Å². The van der Waals surface area contributed by atoms with Crippen molar-refractivity contribution in [1.29, 1.82) is 0 Å². The molecule has 2 rings (SSSR count). The molecule has 0 aromatic rings. The summed E-state index contributed by atoms with van der Waals surface area (Å²) in [6, 6.07) is -0.215. The Morgan fingerprint density at radius 2 is 2.00 bits per heavy atom. The van der Waals surface area contributed by atoms with Crippen molar-refractivity contribution in [2.45, 2.75) is 45.1 Å². The van der Waals surface area contributed by atoms with Gasteiger partial charge in [0.05, 0.1) is 13.2 Å². The van der Waals surface area contributed by atoms with Gasteiger partial charge in [-0.2, -0.15) is 0 Å². The number of morpholine rings is 1. The van der Waals surface area contributed by atoms with Crippen LogP contribution in [-0.4, -0.2) is 62.1 Å². The largest absolute Gasteiger partial charge is 0.378 e. The molecule has 6 nitrogen and oxygen atoms in total. The van der Waals surface area contributed by atoms with Crippen LogP contribution < -0.4 is 10.6 Å². The molecule has 2 N–H and O–H groups in total. The highest BCUT2D eigenvalue weighted by Crippen LogP contribution is 2.18. The minimum absolute atomic E-state index is 0. The fourth-order valence-corrected chi connectivity index (χ4v) is 3.04. The molecule has 0 saturated carbocycles. The van der Waals surface area contributed by atoms with Gasteiger partial charge in [-0.1, -0.05) is 19.8 Å². The molecule has 0 radical (unpaired) electrons. The van der Waals surface area contributed by atoms with Crippen LogP contribution in [-0.2, 0) is 14.3 Å². The van der Waals surface area contributed by atoms with E-state index in [0.717, 1.165) is 45.2 Å². The molecule has 0 aliphatic carbocycles. The Hall–Kier alpha value is -0.850. The molecule has 0 aromatic heterocycles. The molecule has 1 unspecified atom stereocenters. The Morgan fingerprint density at radius 1 is 1.26 bits per heavy atom. The lowest BCUT2D eigenvalue weighted by atomic mass is 9.95. The molecule has 2 amide bonds. The number of hydrogen-bond acceptors (Lipinski definition) is 4. The number of halogens is 1. The first-order valence-electron chi connectivity index (χ1n) is 8.60. The number of nitrogens with zero attached hydrogens (tertiary/aromatic N) is 1. The quantitative estimate of drug-likeness (QED) is 0.702. The Bertz CT molecular complexity index is 368. The van der Waals surface area contributed by atoms with E-state index in [2.05, 4.69) is 17.6 Å². The van der Waals surface area contributed by atoms with Crippen LogP contribution in [0.15, 0.2) is 0 Å². The first kappa shape index (κ1) is 20.2. The zero-order chi connectivity index (χ0) is 15.8. The van der Waals surface area contributed by atoms with Gasteiger partial charge >= 0.3 is 0 Å². The Balaban J connectivity index is 0.00000264. The molecule has 1 atom stereocenters. The maximum absolute atomic E-state index is 12.4. The summed E-state index contributed by atoms with van der Waals surface area (Å²) in [6.45, 7) is 6.12.